The molecule has 2 saturated carbocycles. The zero-order valence-corrected chi connectivity index (χ0v) is 16.9. The second-order valence-corrected chi connectivity index (χ2v) is 8.56. The fourth-order valence-electron chi connectivity index (χ4n) is 4.05. The Morgan fingerprint density at radius 3 is 2.64 bits per heavy atom. The Morgan fingerprint density at radius 2 is 1.93 bits per heavy atom. The first-order chi connectivity index (χ1) is 13.4. The Kier molecular flexibility index (Phi) is 5.19. The third-order valence-electron chi connectivity index (χ3n) is 5.70. The van der Waals surface area contributed by atoms with Crippen LogP contribution in [-0.2, 0) is 16.9 Å². The largest absolute Gasteiger partial charge is 0.474 e. The lowest BCUT2D eigenvalue weighted by molar-refractivity contribution is 0.129. The number of pyridine rings is 1. The number of carbonyl (C=O) groups is 1. The van der Waals surface area contributed by atoms with Gasteiger partial charge in [-0.05, 0) is 43.9 Å². The average Bonchev–Trinajstić information content (AvgIpc) is 3.08. The molecule has 2 aromatic rings. The van der Waals surface area contributed by atoms with Crippen LogP contribution in [0.15, 0.2) is 42.5 Å². The zero-order valence-electron chi connectivity index (χ0n) is 16.2. The number of halogens is 1. The summed E-state index contributed by atoms with van der Waals surface area (Å²) in [7, 11) is 0. The molecule has 1 unspecified atom stereocenters. The summed E-state index contributed by atoms with van der Waals surface area (Å²) >= 11 is 6.22. The summed E-state index contributed by atoms with van der Waals surface area (Å²) < 4.78 is 11.4. The van der Waals surface area contributed by atoms with Crippen molar-refractivity contribution in [3.8, 4) is 5.88 Å². The highest BCUT2D eigenvalue weighted by Crippen LogP contribution is 2.53. The van der Waals surface area contributed by atoms with E-state index >= 15 is 0 Å². The van der Waals surface area contributed by atoms with Crippen LogP contribution in [0.5, 0.6) is 5.88 Å². The van der Waals surface area contributed by atoms with Crippen molar-refractivity contribution in [3.05, 3.63) is 58.7 Å². The van der Waals surface area contributed by atoms with E-state index in [1.807, 2.05) is 50.2 Å². The van der Waals surface area contributed by atoms with Gasteiger partial charge in [-0.2, -0.15) is 0 Å². The minimum Gasteiger partial charge on any atom is -0.474 e. The molecule has 6 heteroatoms. The van der Waals surface area contributed by atoms with E-state index in [1.165, 1.54) is 19.3 Å². The predicted molar refractivity (Wildman–Crippen MR) is 107 cm³/mol. The number of hydrogen-bond acceptors (Lipinski definition) is 4. The Bertz CT molecular complexity index is 846. The molecule has 4 rings (SSSR count). The Hall–Kier alpha value is -2.27. The van der Waals surface area contributed by atoms with Crippen molar-refractivity contribution in [2.45, 2.75) is 51.4 Å². The van der Waals surface area contributed by atoms with E-state index in [1.54, 1.807) is 6.07 Å². The topological polar surface area (TPSA) is 60.5 Å². The van der Waals surface area contributed by atoms with Gasteiger partial charge in [0.05, 0.1) is 5.54 Å². The van der Waals surface area contributed by atoms with Crippen molar-refractivity contribution in [1.29, 1.82) is 0 Å². The number of carbonyl (C=O) groups excluding carboxylic acids is 1. The van der Waals surface area contributed by atoms with E-state index in [4.69, 9.17) is 21.1 Å². The lowest BCUT2D eigenvalue weighted by Crippen LogP contribution is -2.41. The van der Waals surface area contributed by atoms with Gasteiger partial charge in [0.25, 0.3) is 0 Å². The zero-order chi connectivity index (χ0) is 19.7. The smallest absolute Gasteiger partial charge is 0.408 e. The molecule has 2 fully saturated rings. The molecule has 148 valence electrons. The highest BCUT2D eigenvalue weighted by molar-refractivity contribution is 6.29. The summed E-state index contributed by atoms with van der Waals surface area (Å²) in [6.45, 7) is 4.02. The molecule has 0 spiro atoms. The number of ether oxygens (including phenoxy) is 2. The molecule has 0 bridgehead atoms. The number of hydrogen-bond donors (Lipinski definition) is 1. The van der Waals surface area contributed by atoms with Gasteiger partial charge in [0, 0.05) is 17.9 Å². The monoisotopic (exact) mass is 400 g/mol. The fourth-order valence-corrected chi connectivity index (χ4v) is 4.25. The molecule has 28 heavy (non-hydrogen) atoms. The van der Waals surface area contributed by atoms with Crippen LogP contribution in [0.25, 0.3) is 0 Å². The molecule has 0 aliphatic heterocycles. The molecule has 0 radical (unpaired) electrons. The number of nitrogens with one attached hydrogen (secondary N) is 1. The van der Waals surface area contributed by atoms with Crippen molar-refractivity contribution < 1.29 is 14.3 Å². The van der Waals surface area contributed by atoms with Crippen molar-refractivity contribution >= 4 is 17.7 Å². The molecule has 1 heterocycles. The summed E-state index contributed by atoms with van der Waals surface area (Å²) in [6, 6.07) is 13.2. The maximum Gasteiger partial charge on any atom is 0.408 e. The second kappa shape index (κ2) is 7.63. The van der Waals surface area contributed by atoms with Crippen LogP contribution in [0.4, 0.5) is 4.79 Å². The van der Waals surface area contributed by atoms with Gasteiger partial charge in [0.1, 0.15) is 17.9 Å². The number of benzene rings is 1. The number of nitrogens with zero attached hydrogens (tertiary/aromatic N) is 1. The van der Waals surface area contributed by atoms with Crippen LogP contribution in [0.2, 0.25) is 5.15 Å². The molecule has 5 nitrogen and oxygen atoms in total. The first kappa shape index (κ1) is 19.1. The number of amides is 1. The molecule has 2 aliphatic carbocycles. The fraction of sp³-hybridized carbons (Fsp3) is 0.455. The standard InChI is InChI=1S/C22H25ClN2O3/c1-22(2,25-21(26)27-13-14-7-4-3-5-8-14)15-11-18(23)24-19(12-15)28-20-16-9-6-10-17(16)20/h3-5,7-8,11-12,16-17,20H,6,9-10,13H2,1-2H3,(H,25,26)/t16-,17+,20?. The highest BCUT2D eigenvalue weighted by atomic mass is 35.5. The number of rotatable bonds is 6. The van der Waals surface area contributed by atoms with Crippen LogP contribution in [-0.4, -0.2) is 17.2 Å². The molecule has 1 aromatic heterocycles. The Balaban J connectivity index is 1.39. The van der Waals surface area contributed by atoms with Gasteiger partial charge in [-0.1, -0.05) is 48.4 Å². The number of fused-ring (bicyclic) bond motifs is 1. The summed E-state index contributed by atoms with van der Waals surface area (Å²) in [5, 5.41) is 3.26. The van der Waals surface area contributed by atoms with Crippen molar-refractivity contribution in [1.82, 2.24) is 10.3 Å². The second-order valence-electron chi connectivity index (χ2n) is 8.17. The van der Waals surface area contributed by atoms with Crippen molar-refractivity contribution in [2.75, 3.05) is 0 Å². The first-order valence-corrected chi connectivity index (χ1v) is 10.1. The van der Waals surface area contributed by atoms with E-state index in [9.17, 15) is 4.79 Å². The van der Waals surface area contributed by atoms with Crippen LogP contribution in [0.1, 0.15) is 44.2 Å². The minimum absolute atomic E-state index is 0.221. The molecule has 0 saturated heterocycles. The summed E-state index contributed by atoms with van der Waals surface area (Å²) in [5.41, 5.74) is 1.08. The van der Waals surface area contributed by atoms with Crippen LogP contribution in [0.3, 0.4) is 0 Å². The molecular formula is C22H25ClN2O3. The summed E-state index contributed by atoms with van der Waals surface area (Å²) in [4.78, 5) is 16.6. The normalized spacial score (nSPS) is 23.0. The minimum atomic E-state index is -0.683. The van der Waals surface area contributed by atoms with Crippen molar-refractivity contribution in [2.24, 2.45) is 11.8 Å². The number of alkyl carbamates (subject to hydrolysis) is 1. The SMILES string of the molecule is CC(C)(NC(=O)OCc1ccccc1)c1cc(Cl)nc(OC2[C@H]3CCC[C@@H]23)c1. The van der Waals surface area contributed by atoms with Gasteiger partial charge in [0.2, 0.25) is 5.88 Å². The summed E-state index contributed by atoms with van der Waals surface area (Å²) in [5.74, 6) is 1.86. The van der Waals surface area contributed by atoms with Crippen LogP contribution in [0, 0.1) is 11.8 Å². The van der Waals surface area contributed by atoms with Gasteiger partial charge in [-0.15, -0.1) is 0 Å². The predicted octanol–water partition coefficient (Wildman–Crippen LogP) is 5.07. The Morgan fingerprint density at radius 1 is 1.21 bits per heavy atom. The average molecular weight is 401 g/mol. The number of aromatic nitrogens is 1. The molecule has 2 aliphatic rings. The molecule has 1 amide bonds. The molecular weight excluding hydrogens is 376 g/mol. The third kappa shape index (κ3) is 4.25. The van der Waals surface area contributed by atoms with Gasteiger partial charge in [-0.25, -0.2) is 9.78 Å². The lowest BCUT2D eigenvalue weighted by Gasteiger charge is -2.27. The lowest BCUT2D eigenvalue weighted by atomic mass is 9.95. The maximum atomic E-state index is 12.3. The van der Waals surface area contributed by atoms with Gasteiger partial charge in [-0.3, -0.25) is 0 Å². The van der Waals surface area contributed by atoms with E-state index in [0.29, 0.717) is 22.9 Å². The van der Waals surface area contributed by atoms with Crippen molar-refractivity contribution in [3.63, 3.8) is 0 Å². The maximum absolute atomic E-state index is 12.3. The van der Waals surface area contributed by atoms with E-state index in [-0.39, 0.29) is 12.7 Å². The van der Waals surface area contributed by atoms with Crippen LogP contribution < -0.4 is 10.1 Å². The van der Waals surface area contributed by atoms with E-state index in [2.05, 4.69) is 10.3 Å². The van der Waals surface area contributed by atoms with Crippen LogP contribution >= 0.6 is 11.6 Å². The van der Waals surface area contributed by atoms with Gasteiger partial charge < -0.3 is 14.8 Å². The molecule has 3 atom stereocenters. The van der Waals surface area contributed by atoms with Gasteiger partial charge in [0.15, 0.2) is 0 Å². The quantitative estimate of drug-likeness (QED) is 0.687. The van der Waals surface area contributed by atoms with E-state index in [0.717, 1.165) is 11.1 Å². The first-order valence-electron chi connectivity index (χ1n) is 9.76. The molecule has 1 aromatic carbocycles. The molecule has 1 N–H and O–H groups in total. The van der Waals surface area contributed by atoms with E-state index < -0.39 is 11.6 Å². The summed E-state index contributed by atoms with van der Waals surface area (Å²) in [6.07, 6.45) is 3.55. The van der Waals surface area contributed by atoms with Gasteiger partial charge >= 0.3 is 6.09 Å². The highest BCUT2D eigenvalue weighted by Gasteiger charge is 2.55. The Labute approximate surface area is 170 Å². The third-order valence-corrected chi connectivity index (χ3v) is 5.90.